The Bertz CT molecular complexity index is 1130. The largest absolute Gasteiger partial charge is 0.507 e. The van der Waals surface area contributed by atoms with Crippen molar-refractivity contribution in [2.75, 3.05) is 0 Å². The molecule has 0 amide bonds. The number of phenolic OH excluding ortho intramolecular Hbond substituents is 1. The fraction of sp³-hybridized carbons (Fsp3) is 0. The fourth-order valence-corrected chi connectivity index (χ4v) is 3.75. The number of hydrogen-bond acceptors (Lipinski definition) is 4. The molecule has 0 spiro atoms. The highest BCUT2D eigenvalue weighted by Crippen LogP contribution is 2.22. The molecule has 0 aliphatic rings. The predicted octanol–water partition coefficient (Wildman–Crippen LogP) is 2.93. The van der Waals surface area contributed by atoms with E-state index < -0.39 is 0 Å². The molecule has 0 aliphatic carbocycles. The minimum atomic E-state index is -0.118. The number of rotatable bonds is 1. The molecule has 4 rings (SSSR count). The highest BCUT2D eigenvalue weighted by Gasteiger charge is 2.10. The maximum Gasteiger partial charge on any atom is 0.274 e. The molecule has 0 aliphatic heterocycles. The first kappa shape index (κ1) is 13.5. The molecule has 0 atom stereocenters. The monoisotopic (exact) mass is 372 g/mol. The van der Waals surface area contributed by atoms with Gasteiger partial charge in [-0.1, -0.05) is 39.4 Å². The first-order valence-corrected chi connectivity index (χ1v) is 8.15. The van der Waals surface area contributed by atoms with E-state index in [1.165, 1.54) is 11.3 Å². The summed E-state index contributed by atoms with van der Waals surface area (Å²) >= 11 is 4.68. The van der Waals surface area contributed by atoms with E-state index in [1.807, 2.05) is 24.3 Å². The lowest BCUT2D eigenvalue weighted by atomic mass is 10.2. The van der Waals surface area contributed by atoms with Gasteiger partial charge in [0.2, 0.25) is 0 Å². The number of aromatic hydroxyl groups is 1. The fourth-order valence-electron chi connectivity index (χ4n) is 2.39. The lowest BCUT2D eigenvalue weighted by Gasteiger charge is -1.98. The van der Waals surface area contributed by atoms with Gasteiger partial charge in [-0.3, -0.25) is 4.79 Å². The Labute approximate surface area is 137 Å². The number of thiazole rings is 1. The second-order valence-electron chi connectivity index (χ2n) is 4.84. The first-order valence-electron chi connectivity index (χ1n) is 6.54. The van der Waals surface area contributed by atoms with Crippen LogP contribution in [0.4, 0.5) is 0 Å². The average Bonchev–Trinajstić information content (AvgIpc) is 3.00. The van der Waals surface area contributed by atoms with E-state index in [0.717, 1.165) is 15.5 Å². The second-order valence-corrected chi connectivity index (χ2v) is 6.76. The van der Waals surface area contributed by atoms with Crippen LogP contribution in [0.3, 0.4) is 0 Å². The molecule has 1 N–H and O–H groups in total. The van der Waals surface area contributed by atoms with Gasteiger partial charge in [-0.25, -0.2) is 9.38 Å². The molecule has 0 bridgehead atoms. The Balaban J connectivity index is 2.04. The van der Waals surface area contributed by atoms with Crippen molar-refractivity contribution in [2.24, 2.45) is 0 Å². The van der Waals surface area contributed by atoms with Crippen LogP contribution in [-0.4, -0.2) is 14.5 Å². The van der Waals surface area contributed by atoms with Crippen LogP contribution >= 0.6 is 27.3 Å². The average molecular weight is 373 g/mol. The van der Waals surface area contributed by atoms with Crippen molar-refractivity contribution in [1.82, 2.24) is 9.38 Å². The van der Waals surface area contributed by atoms with E-state index in [4.69, 9.17) is 0 Å². The number of phenols is 1. The Morgan fingerprint density at radius 3 is 2.91 bits per heavy atom. The van der Waals surface area contributed by atoms with Crippen molar-refractivity contribution in [3.8, 4) is 5.75 Å². The zero-order valence-corrected chi connectivity index (χ0v) is 13.6. The van der Waals surface area contributed by atoms with Crippen LogP contribution in [0, 0.1) is 0 Å². The van der Waals surface area contributed by atoms with Gasteiger partial charge in [0.15, 0.2) is 4.96 Å². The Morgan fingerprint density at radius 1 is 1.23 bits per heavy atom. The van der Waals surface area contributed by atoms with Gasteiger partial charge in [0.1, 0.15) is 5.75 Å². The third kappa shape index (κ3) is 2.03. The highest BCUT2D eigenvalue weighted by molar-refractivity contribution is 9.10. The molecule has 0 fully saturated rings. The summed E-state index contributed by atoms with van der Waals surface area (Å²) in [7, 11) is 0. The summed E-state index contributed by atoms with van der Waals surface area (Å²) in [6.45, 7) is 0. The van der Waals surface area contributed by atoms with Gasteiger partial charge in [-0.2, -0.15) is 0 Å². The van der Waals surface area contributed by atoms with E-state index in [0.29, 0.717) is 15.1 Å². The summed E-state index contributed by atoms with van der Waals surface area (Å²) in [5.41, 5.74) is 2.09. The van der Waals surface area contributed by atoms with E-state index in [9.17, 15) is 9.90 Å². The molecule has 4 nitrogen and oxygen atoms in total. The van der Waals surface area contributed by atoms with Gasteiger partial charge < -0.3 is 5.11 Å². The summed E-state index contributed by atoms with van der Waals surface area (Å²) in [6, 6.07) is 12.7. The molecule has 0 saturated carbocycles. The van der Waals surface area contributed by atoms with Gasteiger partial charge >= 0.3 is 0 Å². The highest BCUT2D eigenvalue weighted by atomic mass is 79.9. The SMILES string of the molecule is O=c1/c(=C\c2cc(Br)ccc2O)sc2nc3ccccc3n12. The minimum absolute atomic E-state index is 0.118. The summed E-state index contributed by atoms with van der Waals surface area (Å²) in [6.07, 6.45) is 1.69. The van der Waals surface area contributed by atoms with Crippen molar-refractivity contribution in [3.05, 3.63) is 67.4 Å². The van der Waals surface area contributed by atoms with Crippen LogP contribution in [0.5, 0.6) is 5.75 Å². The molecule has 2 heterocycles. The van der Waals surface area contributed by atoms with Crippen LogP contribution in [0.25, 0.3) is 22.1 Å². The van der Waals surface area contributed by atoms with Gasteiger partial charge in [0, 0.05) is 10.0 Å². The lowest BCUT2D eigenvalue weighted by molar-refractivity contribution is 0.474. The molecule has 4 aromatic rings. The summed E-state index contributed by atoms with van der Waals surface area (Å²) < 4.78 is 3.00. The van der Waals surface area contributed by atoms with Crippen LogP contribution < -0.4 is 10.1 Å². The molecule has 2 aromatic carbocycles. The van der Waals surface area contributed by atoms with Gasteiger partial charge in [-0.15, -0.1) is 0 Å². The van der Waals surface area contributed by atoms with E-state index >= 15 is 0 Å². The molecule has 0 radical (unpaired) electrons. The Hall–Kier alpha value is -2.18. The molecule has 0 saturated heterocycles. The number of para-hydroxylation sites is 2. The zero-order valence-electron chi connectivity index (χ0n) is 11.2. The third-order valence-electron chi connectivity index (χ3n) is 3.42. The van der Waals surface area contributed by atoms with Gasteiger partial charge in [0.05, 0.1) is 15.6 Å². The summed E-state index contributed by atoms with van der Waals surface area (Å²) in [4.78, 5) is 17.7. The normalized spacial score (nSPS) is 12.5. The van der Waals surface area contributed by atoms with Crippen molar-refractivity contribution in [2.45, 2.75) is 0 Å². The number of hydrogen-bond donors (Lipinski definition) is 1. The van der Waals surface area contributed by atoms with Gasteiger partial charge in [-0.05, 0) is 36.4 Å². The minimum Gasteiger partial charge on any atom is -0.507 e. The maximum atomic E-state index is 12.6. The number of nitrogens with zero attached hydrogens (tertiary/aromatic N) is 2. The molecular formula is C16H9BrN2O2S. The standard InChI is InChI=1S/C16H9BrN2O2S/c17-10-5-6-13(20)9(7-10)8-14-15(21)19-12-4-2-1-3-11(12)18-16(19)22-14/h1-8,20H/b14-8+. The van der Waals surface area contributed by atoms with Crippen LogP contribution in [0.2, 0.25) is 0 Å². The predicted molar refractivity (Wildman–Crippen MR) is 91.4 cm³/mol. The Kier molecular flexibility index (Phi) is 3.02. The molecule has 6 heteroatoms. The molecule has 22 heavy (non-hydrogen) atoms. The summed E-state index contributed by atoms with van der Waals surface area (Å²) in [5.74, 6) is 0.137. The van der Waals surface area contributed by atoms with E-state index in [-0.39, 0.29) is 11.3 Å². The van der Waals surface area contributed by atoms with E-state index in [1.54, 1.807) is 28.7 Å². The van der Waals surface area contributed by atoms with Crippen molar-refractivity contribution < 1.29 is 5.11 Å². The molecule has 0 unspecified atom stereocenters. The van der Waals surface area contributed by atoms with Crippen molar-refractivity contribution >= 4 is 49.3 Å². The van der Waals surface area contributed by atoms with Gasteiger partial charge in [0.25, 0.3) is 5.56 Å². The van der Waals surface area contributed by atoms with E-state index in [2.05, 4.69) is 20.9 Å². The number of fused-ring (bicyclic) bond motifs is 3. The zero-order chi connectivity index (χ0) is 15.3. The molecule has 2 aromatic heterocycles. The topological polar surface area (TPSA) is 54.6 Å². The molecular weight excluding hydrogens is 364 g/mol. The van der Waals surface area contributed by atoms with Crippen molar-refractivity contribution in [1.29, 1.82) is 0 Å². The first-order chi connectivity index (χ1) is 10.6. The quantitative estimate of drug-likeness (QED) is 0.558. The smallest absolute Gasteiger partial charge is 0.274 e. The number of benzene rings is 2. The second kappa shape index (κ2) is 4.93. The number of imidazole rings is 1. The summed E-state index contributed by atoms with van der Waals surface area (Å²) in [5, 5.41) is 9.91. The van der Waals surface area contributed by atoms with Crippen LogP contribution in [0.1, 0.15) is 5.56 Å². The maximum absolute atomic E-state index is 12.6. The third-order valence-corrected chi connectivity index (χ3v) is 4.88. The number of halogens is 1. The molecule has 108 valence electrons. The van der Waals surface area contributed by atoms with Crippen molar-refractivity contribution in [3.63, 3.8) is 0 Å². The lowest BCUT2D eigenvalue weighted by Crippen LogP contribution is -2.22. The van der Waals surface area contributed by atoms with Crippen LogP contribution in [-0.2, 0) is 0 Å². The Morgan fingerprint density at radius 2 is 2.05 bits per heavy atom. The van der Waals surface area contributed by atoms with Crippen LogP contribution in [0.15, 0.2) is 51.7 Å². The number of aromatic nitrogens is 2.